The molecule has 0 aliphatic rings. The van der Waals surface area contributed by atoms with E-state index in [1.807, 2.05) is 6.07 Å². The van der Waals surface area contributed by atoms with Crippen LogP contribution in [0.15, 0.2) is 18.2 Å². The molecule has 92 valence electrons. The minimum absolute atomic E-state index is 0.169. The molecule has 5 heteroatoms. The molecule has 0 radical (unpaired) electrons. The average molecular weight is 287 g/mol. The van der Waals surface area contributed by atoms with E-state index in [4.69, 9.17) is 17.4 Å². The largest absolute Gasteiger partial charge is 0.271 e. The first-order valence-electron chi connectivity index (χ1n) is 5.37. The molecule has 0 aromatic carbocycles. The summed E-state index contributed by atoms with van der Waals surface area (Å²) < 4.78 is 0.828. The van der Waals surface area contributed by atoms with Gasteiger partial charge < -0.3 is 0 Å². The fourth-order valence-electron chi connectivity index (χ4n) is 1.68. The molecule has 0 bridgehead atoms. The molecule has 17 heavy (non-hydrogen) atoms. The van der Waals surface area contributed by atoms with Crippen LogP contribution in [0.25, 0.3) is 0 Å². The number of nitrogens with one attached hydrogen (secondary N) is 1. The highest BCUT2D eigenvalue weighted by atomic mass is 35.5. The summed E-state index contributed by atoms with van der Waals surface area (Å²) in [6, 6.07) is 6.37. The lowest BCUT2D eigenvalue weighted by molar-refractivity contribution is 0.564. The van der Waals surface area contributed by atoms with Gasteiger partial charge in [0.2, 0.25) is 0 Å². The van der Waals surface area contributed by atoms with Crippen LogP contribution in [0.4, 0.5) is 0 Å². The second kappa shape index (κ2) is 5.50. The second-order valence-electron chi connectivity index (χ2n) is 4.02. The van der Waals surface area contributed by atoms with E-state index in [-0.39, 0.29) is 6.04 Å². The zero-order valence-corrected chi connectivity index (χ0v) is 12.2. The Bertz CT molecular complexity index is 485. The first-order valence-corrected chi connectivity index (χ1v) is 7.38. The topological polar surface area (TPSA) is 38.0 Å². The number of nitrogens with two attached hydrogens (primary N) is 1. The number of halogens is 1. The van der Waals surface area contributed by atoms with Crippen molar-refractivity contribution in [2.24, 2.45) is 5.84 Å². The normalized spacial score (nSPS) is 12.9. The van der Waals surface area contributed by atoms with Crippen molar-refractivity contribution in [3.05, 3.63) is 42.7 Å². The maximum absolute atomic E-state index is 5.93. The van der Waals surface area contributed by atoms with Gasteiger partial charge in [-0.1, -0.05) is 11.6 Å². The Balaban J connectivity index is 2.16. The van der Waals surface area contributed by atoms with Crippen LogP contribution in [0.3, 0.4) is 0 Å². The summed E-state index contributed by atoms with van der Waals surface area (Å²) in [5.74, 6) is 5.65. The summed E-state index contributed by atoms with van der Waals surface area (Å²) in [7, 11) is 0. The quantitative estimate of drug-likeness (QED) is 0.662. The average Bonchev–Trinajstić information content (AvgIpc) is 2.83. The first-order chi connectivity index (χ1) is 8.10. The molecule has 0 saturated heterocycles. The molecular weight excluding hydrogens is 272 g/mol. The maximum Gasteiger partial charge on any atom is 0.0931 e. The second-order valence-corrected chi connectivity index (χ2v) is 7.10. The third-order valence-electron chi connectivity index (χ3n) is 2.76. The summed E-state index contributed by atoms with van der Waals surface area (Å²) in [5.41, 5.74) is 4.22. The van der Waals surface area contributed by atoms with Crippen molar-refractivity contribution in [1.82, 2.24) is 5.43 Å². The van der Waals surface area contributed by atoms with Crippen LogP contribution < -0.4 is 11.3 Å². The first kappa shape index (κ1) is 13.1. The van der Waals surface area contributed by atoms with Gasteiger partial charge in [0.25, 0.3) is 0 Å². The van der Waals surface area contributed by atoms with Crippen molar-refractivity contribution in [3.8, 4) is 0 Å². The molecule has 0 aliphatic heterocycles. The van der Waals surface area contributed by atoms with Gasteiger partial charge in [0.1, 0.15) is 0 Å². The van der Waals surface area contributed by atoms with Gasteiger partial charge in [-0.2, -0.15) is 0 Å². The Morgan fingerprint density at radius 3 is 2.59 bits per heavy atom. The van der Waals surface area contributed by atoms with Gasteiger partial charge in [0.15, 0.2) is 0 Å². The Labute approximate surface area is 114 Å². The predicted molar refractivity (Wildman–Crippen MR) is 76.9 cm³/mol. The van der Waals surface area contributed by atoms with Gasteiger partial charge >= 0.3 is 0 Å². The molecule has 2 nitrogen and oxygen atoms in total. The van der Waals surface area contributed by atoms with E-state index >= 15 is 0 Å². The van der Waals surface area contributed by atoms with E-state index in [0.29, 0.717) is 0 Å². The number of hydrogen-bond acceptors (Lipinski definition) is 4. The number of rotatable bonds is 4. The Morgan fingerprint density at radius 1 is 1.35 bits per heavy atom. The molecule has 2 rings (SSSR count). The highest BCUT2D eigenvalue weighted by Crippen LogP contribution is 2.31. The van der Waals surface area contributed by atoms with Crippen molar-refractivity contribution in [2.75, 3.05) is 0 Å². The van der Waals surface area contributed by atoms with Gasteiger partial charge in [-0.05, 0) is 37.6 Å². The molecule has 0 fully saturated rings. The predicted octanol–water partition coefficient (Wildman–Crippen LogP) is 3.83. The highest BCUT2D eigenvalue weighted by molar-refractivity contribution is 7.16. The van der Waals surface area contributed by atoms with Gasteiger partial charge in [-0.25, -0.2) is 0 Å². The van der Waals surface area contributed by atoms with Crippen LogP contribution in [-0.4, -0.2) is 0 Å². The molecule has 1 atom stereocenters. The molecule has 3 N–H and O–H groups in total. The standard InChI is InChI=1S/C12H15ClN2S2/c1-7-5-11(16-8(7)2)10(15-14)6-9-3-4-12(13)17-9/h3-5,10,15H,6,14H2,1-2H3. The van der Waals surface area contributed by atoms with Crippen LogP contribution in [0.2, 0.25) is 4.34 Å². The zero-order valence-electron chi connectivity index (χ0n) is 9.79. The minimum atomic E-state index is 0.169. The number of hydrogen-bond donors (Lipinski definition) is 2. The summed E-state index contributed by atoms with van der Waals surface area (Å²) in [4.78, 5) is 3.89. The summed E-state index contributed by atoms with van der Waals surface area (Å²) >= 11 is 9.35. The SMILES string of the molecule is Cc1cc(C(Cc2ccc(Cl)s2)NN)sc1C. The third kappa shape index (κ3) is 3.09. The Hall–Kier alpha value is -0.390. The Morgan fingerprint density at radius 2 is 2.12 bits per heavy atom. The van der Waals surface area contributed by atoms with Crippen LogP contribution in [0.5, 0.6) is 0 Å². The molecule has 1 unspecified atom stereocenters. The molecule has 0 spiro atoms. The zero-order chi connectivity index (χ0) is 12.4. The van der Waals surface area contributed by atoms with E-state index in [1.165, 1.54) is 20.2 Å². The molecule has 0 amide bonds. The number of hydrazine groups is 1. The van der Waals surface area contributed by atoms with Crippen molar-refractivity contribution in [1.29, 1.82) is 0 Å². The lowest BCUT2D eigenvalue weighted by Crippen LogP contribution is -2.28. The van der Waals surface area contributed by atoms with E-state index in [2.05, 4.69) is 31.4 Å². The Kier molecular flexibility index (Phi) is 4.22. The fraction of sp³-hybridized carbons (Fsp3) is 0.333. The smallest absolute Gasteiger partial charge is 0.0931 e. The van der Waals surface area contributed by atoms with E-state index < -0.39 is 0 Å². The van der Waals surface area contributed by atoms with Crippen molar-refractivity contribution >= 4 is 34.3 Å². The van der Waals surface area contributed by atoms with Gasteiger partial charge in [0.05, 0.1) is 10.4 Å². The molecule has 2 heterocycles. The molecule has 0 aliphatic carbocycles. The maximum atomic E-state index is 5.93. The number of aryl methyl sites for hydroxylation is 2. The molecule has 2 aromatic rings. The van der Waals surface area contributed by atoms with E-state index in [0.717, 1.165) is 10.8 Å². The lowest BCUT2D eigenvalue weighted by atomic mass is 10.1. The fourth-order valence-corrected chi connectivity index (χ4v) is 3.91. The highest BCUT2D eigenvalue weighted by Gasteiger charge is 2.15. The van der Waals surface area contributed by atoms with Gasteiger partial charge in [-0.15, -0.1) is 22.7 Å². The van der Waals surface area contributed by atoms with Crippen LogP contribution in [0, 0.1) is 13.8 Å². The van der Waals surface area contributed by atoms with Crippen LogP contribution in [0.1, 0.15) is 26.2 Å². The van der Waals surface area contributed by atoms with E-state index in [1.54, 1.807) is 22.7 Å². The third-order valence-corrected chi connectivity index (χ3v) is 5.28. The van der Waals surface area contributed by atoms with Crippen molar-refractivity contribution in [2.45, 2.75) is 26.3 Å². The van der Waals surface area contributed by atoms with Crippen molar-refractivity contribution in [3.63, 3.8) is 0 Å². The van der Waals surface area contributed by atoms with Crippen molar-refractivity contribution < 1.29 is 0 Å². The summed E-state index contributed by atoms with van der Waals surface area (Å²) in [6.07, 6.45) is 0.882. The monoisotopic (exact) mass is 286 g/mol. The van der Waals surface area contributed by atoms with Crippen LogP contribution >= 0.6 is 34.3 Å². The molecule has 0 saturated carbocycles. The van der Waals surface area contributed by atoms with E-state index in [9.17, 15) is 0 Å². The molecule has 2 aromatic heterocycles. The number of thiophene rings is 2. The molecular formula is C12H15ClN2S2. The lowest BCUT2D eigenvalue weighted by Gasteiger charge is -2.12. The summed E-state index contributed by atoms with van der Waals surface area (Å²) in [6.45, 7) is 4.27. The van der Waals surface area contributed by atoms with Gasteiger partial charge in [-0.3, -0.25) is 11.3 Å². The summed E-state index contributed by atoms with van der Waals surface area (Å²) in [5, 5.41) is 0. The minimum Gasteiger partial charge on any atom is -0.271 e. The van der Waals surface area contributed by atoms with Gasteiger partial charge in [0, 0.05) is 21.1 Å². The van der Waals surface area contributed by atoms with Crippen LogP contribution in [-0.2, 0) is 6.42 Å².